The van der Waals surface area contributed by atoms with E-state index in [-0.39, 0.29) is 18.6 Å². The van der Waals surface area contributed by atoms with Crippen LogP contribution in [-0.4, -0.2) is 42.3 Å². The van der Waals surface area contributed by atoms with E-state index in [1.54, 1.807) is 6.07 Å². The number of benzene rings is 1. The molecular weight excluding hydrogens is 344 g/mol. The molecule has 0 aliphatic carbocycles. The lowest BCUT2D eigenvalue weighted by Crippen LogP contribution is -2.34. The number of hydrogen-bond acceptors (Lipinski definition) is 4. The molecule has 1 N–H and O–H groups in total. The fraction of sp³-hybridized carbons (Fsp3) is 0.429. The Hall–Kier alpha value is -2.60. The summed E-state index contributed by atoms with van der Waals surface area (Å²) in [6.07, 6.45) is 2.04. The number of nitrogens with zero attached hydrogens (tertiary/aromatic N) is 1. The minimum Gasteiger partial charge on any atom is -0.452 e. The fourth-order valence-corrected chi connectivity index (χ4v) is 3.35. The van der Waals surface area contributed by atoms with Gasteiger partial charge in [0.1, 0.15) is 0 Å². The molecule has 6 heteroatoms. The van der Waals surface area contributed by atoms with Gasteiger partial charge in [-0.3, -0.25) is 4.79 Å². The van der Waals surface area contributed by atoms with Crippen molar-refractivity contribution in [2.75, 3.05) is 19.8 Å². The molecule has 1 saturated heterocycles. The van der Waals surface area contributed by atoms with Gasteiger partial charge in [0.05, 0.1) is 11.7 Å². The van der Waals surface area contributed by atoms with E-state index in [1.807, 2.05) is 49.6 Å². The monoisotopic (exact) mass is 370 g/mol. The Morgan fingerprint density at radius 1 is 1.22 bits per heavy atom. The van der Waals surface area contributed by atoms with Crippen molar-refractivity contribution in [2.24, 2.45) is 0 Å². The molecule has 1 aliphatic rings. The molecule has 2 aromatic rings. The quantitative estimate of drug-likeness (QED) is 0.794. The summed E-state index contributed by atoms with van der Waals surface area (Å²) < 4.78 is 12.7. The maximum absolute atomic E-state index is 12.4. The van der Waals surface area contributed by atoms with Crippen molar-refractivity contribution >= 4 is 11.9 Å². The number of rotatable bonds is 6. The zero-order valence-electron chi connectivity index (χ0n) is 16.1. The topological polar surface area (TPSA) is 69.6 Å². The van der Waals surface area contributed by atoms with Crippen LogP contribution in [0.3, 0.4) is 0 Å². The average molecular weight is 370 g/mol. The summed E-state index contributed by atoms with van der Waals surface area (Å²) in [5.74, 6) is -0.806. The van der Waals surface area contributed by atoms with Crippen molar-refractivity contribution in [3.63, 3.8) is 0 Å². The molecule has 0 spiro atoms. The number of carbonyl (C=O) groups is 2. The Kier molecular flexibility index (Phi) is 5.96. The number of esters is 1. The van der Waals surface area contributed by atoms with E-state index in [1.165, 1.54) is 5.56 Å². The highest BCUT2D eigenvalue weighted by Crippen LogP contribution is 2.22. The number of carbonyl (C=O) groups excluding carboxylic acids is 2. The predicted octanol–water partition coefficient (Wildman–Crippen LogP) is 2.85. The van der Waals surface area contributed by atoms with Crippen molar-refractivity contribution in [1.82, 2.24) is 9.88 Å². The summed E-state index contributed by atoms with van der Waals surface area (Å²) in [5, 5.41) is 2.75. The van der Waals surface area contributed by atoms with Gasteiger partial charge in [-0.1, -0.05) is 17.7 Å². The number of ether oxygens (including phenoxy) is 2. The second kappa shape index (κ2) is 8.39. The van der Waals surface area contributed by atoms with Gasteiger partial charge in [0.15, 0.2) is 6.61 Å². The Morgan fingerprint density at radius 3 is 2.63 bits per heavy atom. The molecule has 3 rings (SSSR count). The summed E-state index contributed by atoms with van der Waals surface area (Å²) in [6.45, 7) is 6.76. The third-order valence-corrected chi connectivity index (χ3v) is 4.83. The standard InChI is InChI=1S/C21H26N2O4/c1-14-6-8-17(9-7-14)23-15(2)11-19(16(23)3)21(25)27-13-20(24)22-12-18-5-4-10-26-18/h6-9,11,18H,4-5,10,12-13H2,1-3H3,(H,22,24). The van der Waals surface area contributed by atoms with Gasteiger partial charge in [-0.25, -0.2) is 4.79 Å². The Morgan fingerprint density at radius 2 is 1.96 bits per heavy atom. The van der Waals surface area contributed by atoms with Gasteiger partial charge in [-0.05, 0) is 51.8 Å². The second-order valence-electron chi connectivity index (χ2n) is 6.97. The van der Waals surface area contributed by atoms with Crippen LogP contribution in [0.4, 0.5) is 0 Å². The summed E-state index contributed by atoms with van der Waals surface area (Å²) in [6, 6.07) is 9.89. The first-order valence-electron chi connectivity index (χ1n) is 9.27. The molecule has 1 fully saturated rings. The number of aromatic nitrogens is 1. The molecule has 6 nitrogen and oxygen atoms in total. The van der Waals surface area contributed by atoms with Crippen molar-refractivity contribution < 1.29 is 19.1 Å². The molecular formula is C21H26N2O4. The van der Waals surface area contributed by atoms with E-state index < -0.39 is 5.97 Å². The molecule has 144 valence electrons. The molecule has 1 atom stereocenters. The summed E-state index contributed by atoms with van der Waals surface area (Å²) in [5.41, 5.74) is 4.37. The highest BCUT2D eigenvalue weighted by Gasteiger charge is 2.20. The lowest BCUT2D eigenvalue weighted by Gasteiger charge is -2.11. The molecule has 0 radical (unpaired) electrons. The van der Waals surface area contributed by atoms with Crippen LogP contribution in [-0.2, 0) is 14.3 Å². The van der Waals surface area contributed by atoms with Crippen molar-refractivity contribution in [2.45, 2.75) is 39.7 Å². The number of nitrogens with one attached hydrogen (secondary N) is 1. The minimum atomic E-state index is -0.492. The molecule has 2 heterocycles. The number of amides is 1. The first kappa shape index (κ1) is 19.2. The van der Waals surface area contributed by atoms with Gasteiger partial charge in [0.25, 0.3) is 5.91 Å². The van der Waals surface area contributed by atoms with E-state index >= 15 is 0 Å². The van der Waals surface area contributed by atoms with Crippen LogP contribution in [0.1, 0.15) is 40.2 Å². The molecule has 0 saturated carbocycles. The smallest absolute Gasteiger partial charge is 0.340 e. The largest absolute Gasteiger partial charge is 0.452 e. The Labute approximate surface area is 159 Å². The first-order valence-corrected chi connectivity index (χ1v) is 9.27. The van der Waals surface area contributed by atoms with Crippen molar-refractivity contribution in [3.05, 3.63) is 52.8 Å². The highest BCUT2D eigenvalue weighted by molar-refractivity contribution is 5.93. The van der Waals surface area contributed by atoms with E-state index in [0.29, 0.717) is 12.1 Å². The summed E-state index contributed by atoms with van der Waals surface area (Å²) >= 11 is 0. The SMILES string of the molecule is Cc1ccc(-n2c(C)cc(C(=O)OCC(=O)NCC3CCCO3)c2C)cc1. The van der Waals surface area contributed by atoms with Gasteiger partial charge in [0.2, 0.25) is 0 Å². The number of hydrogen-bond donors (Lipinski definition) is 1. The molecule has 1 unspecified atom stereocenters. The van der Waals surface area contributed by atoms with Crippen LogP contribution in [0, 0.1) is 20.8 Å². The molecule has 1 aliphatic heterocycles. The maximum atomic E-state index is 12.4. The maximum Gasteiger partial charge on any atom is 0.340 e. The summed E-state index contributed by atoms with van der Waals surface area (Å²) in [4.78, 5) is 24.3. The second-order valence-corrected chi connectivity index (χ2v) is 6.97. The zero-order chi connectivity index (χ0) is 19.4. The van der Waals surface area contributed by atoms with Crippen LogP contribution in [0.2, 0.25) is 0 Å². The van der Waals surface area contributed by atoms with Crippen LogP contribution < -0.4 is 5.32 Å². The van der Waals surface area contributed by atoms with Gasteiger partial charge < -0.3 is 19.4 Å². The lowest BCUT2D eigenvalue weighted by atomic mass is 10.2. The van der Waals surface area contributed by atoms with Gasteiger partial charge in [0, 0.05) is 30.2 Å². The van der Waals surface area contributed by atoms with E-state index in [9.17, 15) is 9.59 Å². The Bertz CT molecular complexity index is 817. The molecule has 1 aromatic carbocycles. The predicted molar refractivity (Wildman–Crippen MR) is 102 cm³/mol. The van der Waals surface area contributed by atoms with Crippen LogP contribution >= 0.6 is 0 Å². The van der Waals surface area contributed by atoms with Gasteiger partial charge in [-0.15, -0.1) is 0 Å². The minimum absolute atomic E-state index is 0.0677. The van der Waals surface area contributed by atoms with Gasteiger partial charge in [-0.2, -0.15) is 0 Å². The zero-order valence-corrected chi connectivity index (χ0v) is 16.1. The van der Waals surface area contributed by atoms with Gasteiger partial charge >= 0.3 is 5.97 Å². The normalized spacial score (nSPS) is 16.3. The average Bonchev–Trinajstić information content (AvgIpc) is 3.27. The molecule has 1 aromatic heterocycles. The first-order chi connectivity index (χ1) is 13.0. The molecule has 0 bridgehead atoms. The molecule has 27 heavy (non-hydrogen) atoms. The number of aryl methyl sites for hydroxylation is 2. The Balaban J connectivity index is 1.60. The fourth-order valence-electron chi connectivity index (χ4n) is 3.35. The van der Waals surface area contributed by atoms with Crippen LogP contribution in [0.15, 0.2) is 30.3 Å². The third-order valence-electron chi connectivity index (χ3n) is 4.83. The van der Waals surface area contributed by atoms with Crippen molar-refractivity contribution in [1.29, 1.82) is 0 Å². The van der Waals surface area contributed by atoms with Crippen LogP contribution in [0.25, 0.3) is 5.69 Å². The van der Waals surface area contributed by atoms with E-state index in [2.05, 4.69) is 5.32 Å². The van der Waals surface area contributed by atoms with E-state index in [0.717, 1.165) is 36.5 Å². The van der Waals surface area contributed by atoms with E-state index in [4.69, 9.17) is 9.47 Å². The lowest BCUT2D eigenvalue weighted by molar-refractivity contribution is -0.124. The van der Waals surface area contributed by atoms with Crippen LogP contribution in [0.5, 0.6) is 0 Å². The highest BCUT2D eigenvalue weighted by atomic mass is 16.5. The van der Waals surface area contributed by atoms with Crippen molar-refractivity contribution in [3.8, 4) is 5.69 Å². The summed E-state index contributed by atoms with van der Waals surface area (Å²) in [7, 11) is 0. The molecule has 1 amide bonds. The third kappa shape index (κ3) is 4.57.